The summed E-state index contributed by atoms with van der Waals surface area (Å²) in [7, 11) is 0. The quantitative estimate of drug-likeness (QED) is 0.605. The number of nitrogens with zero attached hydrogens (tertiary/aromatic N) is 2. The highest BCUT2D eigenvalue weighted by Gasteiger charge is 2.13. The number of rotatable bonds is 0. The molecule has 0 aromatic heterocycles. The fraction of sp³-hybridized carbons (Fsp3) is 0.111. The SMILES string of the molecule is N#CC1C=Nc2ccccc2S1. The zero-order valence-corrected chi connectivity index (χ0v) is 7.08. The molecule has 58 valence electrons. The van der Waals surface area contributed by atoms with Crippen LogP contribution in [0.25, 0.3) is 0 Å². The second-order valence-electron chi connectivity index (χ2n) is 2.41. The average Bonchev–Trinajstić information content (AvgIpc) is 2.17. The van der Waals surface area contributed by atoms with Gasteiger partial charge in [-0.25, -0.2) is 0 Å². The summed E-state index contributed by atoms with van der Waals surface area (Å²) in [4.78, 5) is 5.27. The van der Waals surface area contributed by atoms with Crippen LogP contribution in [0.5, 0.6) is 0 Å². The predicted molar refractivity (Wildman–Crippen MR) is 49.9 cm³/mol. The normalized spacial score (nSPS) is 19.8. The molecular formula is C9H6N2S. The highest BCUT2D eigenvalue weighted by molar-refractivity contribution is 8.01. The van der Waals surface area contributed by atoms with Crippen molar-refractivity contribution < 1.29 is 0 Å². The molecule has 1 aromatic carbocycles. The van der Waals surface area contributed by atoms with E-state index >= 15 is 0 Å². The lowest BCUT2D eigenvalue weighted by molar-refractivity contribution is 1.32. The molecule has 0 bridgehead atoms. The van der Waals surface area contributed by atoms with Crippen molar-refractivity contribution in [1.29, 1.82) is 5.26 Å². The number of hydrogen-bond donors (Lipinski definition) is 0. The van der Waals surface area contributed by atoms with E-state index in [1.54, 1.807) is 18.0 Å². The van der Waals surface area contributed by atoms with Gasteiger partial charge in [0.2, 0.25) is 0 Å². The maximum Gasteiger partial charge on any atom is 0.131 e. The van der Waals surface area contributed by atoms with Gasteiger partial charge in [-0.15, -0.1) is 0 Å². The number of para-hydroxylation sites is 1. The van der Waals surface area contributed by atoms with Crippen LogP contribution in [-0.2, 0) is 0 Å². The summed E-state index contributed by atoms with van der Waals surface area (Å²) in [5.41, 5.74) is 0.967. The van der Waals surface area contributed by atoms with Crippen molar-refractivity contribution in [3.63, 3.8) is 0 Å². The molecule has 1 heterocycles. The Kier molecular flexibility index (Phi) is 1.84. The van der Waals surface area contributed by atoms with Crippen molar-refractivity contribution in [2.75, 3.05) is 0 Å². The Labute approximate surface area is 74.9 Å². The van der Waals surface area contributed by atoms with E-state index < -0.39 is 0 Å². The molecule has 1 aliphatic heterocycles. The van der Waals surface area contributed by atoms with Crippen molar-refractivity contribution in [2.24, 2.45) is 4.99 Å². The van der Waals surface area contributed by atoms with Crippen molar-refractivity contribution >= 4 is 23.7 Å². The first-order chi connectivity index (χ1) is 5.90. The van der Waals surface area contributed by atoms with Gasteiger partial charge in [-0.3, -0.25) is 4.99 Å². The van der Waals surface area contributed by atoms with Crippen LogP contribution in [0.15, 0.2) is 34.2 Å². The molecule has 1 unspecified atom stereocenters. The molecule has 0 radical (unpaired) electrons. The lowest BCUT2D eigenvalue weighted by atomic mass is 10.3. The molecule has 0 saturated carbocycles. The first-order valence-electron chi connectivity index (χ1n) is 3.59. The molecule has 2 nitrogen and oxygen atoms in total. The maximum absolute atomic E-state index is 8.65. The zero-order chi connectivity index (χ0) is 8.39. The van der Waals surface area contributed by atoms with Gasteiger partial charge in [0.05, 0.1) is 11.8 Å². The van der Waals surface area contributed by atoms with Crippen molar-refractivity contribution in [1.82, 2.24) is 0 Å². The van der Waals surface area contributed by atoms with E-state index in [9.17, 15) is 0 Å². The second kappa shape index (κ2) is 3.00. The number of thioether (sulfide) groups is 1. The van der Waals surface area contributed by atoms with Crippen LogP contribution in [0.4, 0.5) is 5.69 Å². The molecule has 12 heavy (non-hydrogen) atoms. The van der Waals surface area contributed by atoms with Crippen molar-refractivity contribution in [3.8, 4) is 6.07 Å². The maximum atomic E-state index is 8.65. The van der Waals surface area contributed by atoms with Gasteiger partial charge in [0, 0.05) is 11.1 Å². The third-order valence-electron chi connectivity index (χ3n) is 1.60. The van der Waals surface area contributed by atoms with Gasteiger partial charge in [0.25, 0.3) is 0 Å². The first kappa shape index (κ1) is 7.38. The molecule has 1 atom stereocenters. The number of benzene rings is 1. The summed E-state index contributed by atoms with van der Waals surface area (Å²) in [6.45, 7) is 0. The molecule has 0 spiro atoms. The Morgan fingerprint density at radius 2 is 2.25 bits per heavy atom. The van der Waals surface area contributed by atoms with Gasteiger partial charge in [0.1, 0.15) is 5.25 Å². The van der Waals surface area contributed by atoms with Gasteiger partial charge >= 0.3 is 0 Å². The average molecular weight is 174 g/mol. The van der Waals surface area contributed by atoms with Crippen LogP contribution in [-0.4, -0.2) is 11.5 Å². The van der Waals surface area contributed by atoms with Gasteiger partial charge in [-0.2, -0.15) is 5.26 Å². The first-order valence-corrected chi connectivity index (χ1v) is 4.47. The standard InChI is InChI=1S/C9H6N2S/c10-5-7-6-11-8-3-1-2-4-9(8)12-7/h1-4,6-7H. The summed E-state index contributed by atoms with van der Waals surface area (Å²) in [6.07, 6.45) is 1.69. The molecule has 0 saturated heterocycles. The summed E-state index contributed by atoms with van der Waals surface area (Å²) in [5.74, 6) is 0. The number of nitriles is 1. The third kappa shape index (κ3) is 1.21. The summed E-state index contributed by atoms with van der Waals surface area (Å²) in [5, 5.41) is 8.53. The summed E-state index contributed by atoms with van der Waals surface area (Å²) < 4.78 is 0. The number of fused-ring (bicyclic) bond motifs is 1. The molecule has 1 aromatic rings. The Morgan fingerprint density at radius 3 is 3.08 bits per heavy atom. The van der Waals surface area contributed by atoms with E-state index in [0.29, 0.717) is 0 Å². The monoisotopic (exact) mass is 174 g/mol. The van der Waals surface area contributed by atoms with Crippen molar-refractivity contribution in [2.45, 2.75) is 10.1 Å². The third-order valence-corrected chi connectivity index (χ3v) is 2.68. The Bertz CT molecular complexity index is 365. The number of aliphatic imine (C=N–C) groups is 1. The summed E-state index contributed by atoms with van der Waals surface area (Å²) >= 11 is 1.55. The van der Waals surface area contributed by atoms with Crippen molar-refractivity contribution in [3.05, 3.63) is 24.3 Å². The van der Waals surface area contributed by atoms with Crippen LogP contribution < -0.4 is 0 Å². The molecule has 3 heteroatoms. The smallest absolute Gasteiger partial charge is 0.131 e. The van der Waals surface area contributed by atoms with Gasteiger partial charge in [-0.05, 0) is 12.1 Å². The van der Waals surface area contributed by atoms with Crippen LogP contribution in [0.1, 0.15) is 0 Å². The van der Waals surface area contributed by atoms with Crippen LogP contribution in [0, 0.1) is 11.3 Å². The Balaban J connectivity index is 2.41. The second-order valence-corrected chi connectivity index (χ2v) is 3.60. The fourth-order valence-corrected chi connectivity index (χ4v) is 1.89. The van der Waals surface area contributed by atoms with Crippen LogP contribution >= 0.6 is 11.8 Å². The fourth-order valence-electron chi connectivity index (χ4n) is 1.04. The van der Waals surface area contributed by atoms with E-state index in [0.717, 1.165) is 10.6 Å². The molecule has 1 aliphatic rings. The highest BCUT2D eigenvalue weighted by Crippen LogP contribution is 2.34. The molecule has 0 N–H and O–H groups in total. The predicted octanol–water partition coefficient (Wildman–Crippen LogP) is 2.39. The minimum absolute atomic E-state index is 0.125. The Morgan fingerprint density at radius 1 is 1.42 bits per heavy atom. The Hall–Kier alpha value is -1.27. The minimum Gasteiger partial charge on any atom is -0.258 e. The molecule has 2 rings (SSSR count). The zero-order valence-electron chi connectivity index (χ0n) is 6.27. The van der Waals surface area contributed by atoms with E-state index in [4.69, 9.17) is 5.26 Å². The van der Waals surface area contributed by atoms with Gasteiger partial charge in [0.15, 0.2) is 0 Å². The molecule has 0 fully saturated rings. The van der Waals surface area contributed by atoms with E-state index in [-0.39, 0.29) is 5.25 Å². The van der Waals surface area contributed by atoms with Gasteiger partial charge in [-0.1, -0.05) is 23.9 Å². The van der Waals surface area contributed by atoms with E-state index in [1.165, 1.54) is 0 Å². The lowest BCUT2D eigenvalue weighted by Gasteiger charge is -2.11. The topological polar surface area (TPSA) is 36.1 Å². The molecular weight excluding hydrogens is 168 g/mol. The number of hydrogen-bond acceptors (Lipinski definition) is 3. The molecule has 0 amide bonds. The lowest BCUT2D eigenvalue weighted by Crippen LogP contribution is -2.03. The summed E-state index contributed by atoms with van der Waals surface area (Å²) in [6, 6.07) is 10.0. The van der Waals surface area contributed by atoms with E-state index in [1.807, 2.05) is 24.3 Å². The molecule has 0 aliphatic carbocycles. The minimum atomic E-state index is -0.125. The van der Waals surface area contributed by atoms with E-state index in [2.05, 4.69) is 11.1 Å². The van der Waals surface area contributed by atoms with Gasteiger partial charge < -0.3 is 0 Å². The van der Waals surface area contributed by atoms with Crippen LogP contribution in [0.2, 0.25) is 0 Å². The van der Waals surface area contributed by atoms with Crippen LogP contribution in [0.3, 0.4) is 0 Å². The highest BCUT2D eigenvalue weighted by atomic mass is 32.2. The largest absolute Gasteiger partial charge is 0.258 e.